The first kappa shape index (κ1) is 19.4. The number of ether oxygens (including phenoxy) is 2. The summed E-state index contributed by atoms with van der Waals surface area (Å²) in [4.78, 5) is 31.2. The molecule has 2 unspecified atom stereocenters. The molecular formula is C22H26N2O6. The maximum absolute atomic E-state index is 12.7. The van der Waals surface area contributed by atoms with E-state index in [1.165, 1.54) is 5.56 Å². The molecule has 2 heterocycles. The number of piperidine rings is 1. The van der Waals surface area contributed by atoms with E-state index in [0.717, 1.165) is 30.0 Å². The van der Waals surface area contributed by atoms with E-state index in [0.29, 0.717) is 18.1 Å². The molecule has 5 atom stereocenters. The predicted molar refractivity (Wildman–Crippen MR) is 106 cm³/mol. The molecular weight excluding hydrogens is 388 g/mol. The Hall–Kier alpha value is -2.58. The predicted octanol–water partition coefficient (Wildman–Crippen LogP) is 1.79. The number of benzene rings is 1. The van der Waals surface area contributed by atoms with Gasteiger partial charge in [0.25, 0.3) is 0 Å². The monoisotopic (exact) mass is 414 g/mol. The zero-order chi connectivity index (χ0) is 21.0. The molecule has 0 aromatic heterocycles. The second-order valence-corrected chi connectivity index (χ2v) is 8.43. The molecule has 1 spiro atoms. The van der Waals surface area contributed by atoms with Crippen molar-refractivity contribution in [3.05, 3.63) is 35.4 Å². The van der Waals surface area contributed by atoms with Crippen LogP contribution in [0.3, 0.4) is 0 Å². The van der Waals surface area contributed by atoms with Crippen LogP contribution in [-0.2, 0) is 26.2 Å². The van der Waals surface area contributed by atoms with E-state index in [2.05, 4.69) is 18.0 Å². The molecule has 2 bridgehead atoms. The fraction of sp³-hybridized carbons (Fsp3) is 0.545. The number of aldehydes is 1. The van der Waals surface area contributed by atoms with Crippen LogP contribution in [0.2, 0.25) is 0 Å². The molecule has 2 aliphatic carbocycles. The lowest BCUT2D eigenvalue weighted by Crippen LogP contribution is -2.65. The van der Waals surface area contributed by atoms with Gasteiger partial charge in [-0.3, -0.25) is 4.84 Å². The van der Waals surface area contributed by atoms with Crippen molar-refractivity contribution in [1.82, 2.24) is 9.96 Å². The Morgan fingerprint density at radius 2 is 2.27 bits per heavy atom. The number of carbonyl (C=O) groups is 2. The van der Waals surface area contributed by atoms with Gasteiger partial charge < -0.3 is 24.3 Å². The summed E-state index contributed by atoms with van der Waals surface area (Å²) in [5.41, 5.74) is 1.91. The third-order valence-electron chi connectivity index (χ3n) is 7.10. The SMILES string of the molecule is CCON(CC=O)C(=O)OC1C=C[C@H]2[C@H]3Cc4ccc(O)c5c4[C@@]2(CCN3C)C1O5. The highest BCUT2D eigenvalue weighted by Gasteiger charge is 2.65. The van der Waals surface area contributed by atoms with Crippen LogP contribution in [0, 0.1) is 5.92 Å². The lowest BCUT2D eigenvalue weighted by atomic mass is 9.53. The molecule has 160 valence electrons. The molecule has 0 radical (unpaired) electrons. The Labute approximate surface area is 174 Å². The van der Waals surface area contributed by atoms with Crippen molar-refractivity contribution in [2.45, 2.75) is 43.4 Å². The van der Waals surface area contributed by atoms with Crippen molar-refractivity contribution in [3.63, 3.8) is 0 Å². The highest BCUT2D eigenvalue weighted by Crippen LogP contribution is 2.62. The fourth-order valence-corrected chi connectivity index (χ4v) is 5.90. The minimum Gasteiger partial charge on any atom is -0.504 e. The van der Waals surface area contributed by atoms with Crippen molar-refractivity contribution < 1.29 is 29.0 Å². The number of likely N-dealkylation sites (N-methyl/N-ethyl adjacent to an activating group) is 1. The Kier molecular flexibility index (Phi) is 4.52. The number of hydroxylamine groups is 2. The highest BCUT2D eigenvalue weighted by molar-refractivity contribution is 5.71. The summed E-state index contributed by atoms with van der Waals surface area (Å²) >= 11 is 0. The van der Waals surface area contributed by atoms with Gasteiger partial charge in [0.1, 0.15) is 18.9 Å². The third kappa shape index (κ3) is 2.53. The van der Waals surface area contributed by atoms with Gasteiger partial charge in [0, 0.05) is 22.9 Å². The maximum Gasteiger partial charge on any atom is 0.435 e. The van der Waals surface area contributed by atoms with Gasteiger partial charge in [0.05, 0.1) is 6.61 Å². The zero-order valence-corrected chi connectivity index (χ0v) is 17.1. The average molecular weight is 414 g/mol. The summed E-state index contributed by atoms with van der Waals surface area (Å²) < 4.78 is 12.1. The standard InChI is InChI=1S/C22H26N2O6/c1-3-28-24(10-11-25)21(27)29-17-7-5-14-15-12-13-4-6-16(26)19-18(13)22(14,20(17)30-19)8-9-23(15)2/h4-7,11,14-15,17,20,26H,3,8-10,12H2,1-2H3/t14-,15+,17?,20?,22-/m0/s1. The Balaban J connectivity index is 1.54. The van der Waals surface area contributed by atoms with Crippen LogP contribution in [-0.4, -0.2) is 72.4 Å². The first-order chi connectivity index (χ1) is 14.5. The van der Waals surface area contributed by atoms with Crippen LogP contribution in [0.4, 0.5) is 4.79 Å². The average Bonchev–Trinajstić information content (AvgIpc) is 3.09. The molecule has 2 aliphatic heterocycles. The fourth-order valence-electron chi connectivity index (χ4n) is 5.90. The summed E-state index contributed by atoms with van der Waals surface area (Å²) in [6.45, 7) is 2.67. The van der Waals surface area contributed by atoms with Gasteiger partial charge in [0.15, 0.2) is 17.6 Å². The van der Waals surface area contributed by atoms with E-state index in [1.807, 2.05) is 12.1 Å². The highest BCUT2D eigenvalue weighted by atomic mass is 16.7. The van der Waals surface area contributed by atoms with Gasteiger partial charge in [-0.1, -0.05) is 12.1 Å². The molecule has 4 aliphatic rings. The molecule has 1 N–H and O–H groups in total. The van der Waals surface area contributed by atoms with E-state index in [1.54, 1.807) is 13.0 Å². The lowest BCUT2D eigenvalue weighted by molar-refractivity contribution is -0.149. The molecule has 5 rings (SSSR count). The van der Waals surface area contributed by atoms with Gasteiger partial charge in [-0.25, -0.2) is 4.79 Å². The molecule has 1 saturated heterocycles. The number of nitrogens with zero attached hydrogens (tertiary/aromatic N) is 2. The van der Waals surface area contributed by atoms with Gasteiger partial charge >= 0.3 is 6.09 Å². The Morgan fingerprint density at radius 1 is 1.43 bits per heavy atom. The van der Waals surface area contributed by atoms with E-state index in [-0.39, 0.29) is 30.2 Å². The number of rotatable bonds is 5. The second-order valence-electron chi connectivity index (χ2n) is 8.43. The minimum atomic E-state index is -0.724. The molecule has 1 amide bonds. The molecule has 30 heavy (non-hydrogen) atoms. The molecule has 1 fully saturated rings. The first-order valence-electron chi connectivity index (χ1n) is 10.5. The lowest BCUT2D eigenvalue weighted by Gasteiger charge is -2.56. The number of aromatic hydroxyl groups is 1. The smallest absolute Gasteiger partial charge is 0.435 e. The van der Waals surface area contributed by atoms with Crippen LogP contribution in [0.15, 0.2) is 24.3 Å². The number of phenolic OH excluding ortho intramolecular Hbond substituents is 1. The summed E-state index contributed by atoms with van der Waals surface area (Å²) in [6, 6.07) is 4.01. The molecule has 8 heteroatoms. The molecule has 8 nitrogen and oxygen atoms in total. The number of phenols is 1. The van der Waals surface area contributed by atoms with Crippen molar-refractivity contribution in [2.24, 2.45) is 5.92 Å². The first-order valence-corrected chi connectivity index (χ1v) is 10.5. The van der Waals surface area contributed by atoms with Crippen molar-refractivity contribution in [1.29, 1.82) is 0 Å². The number of likely N-dealkylation sites (tertiary alicyclic amines) is 1. The number of amides is 1. The van der Waals surface area contributed by atoms with E-state index < -0.39 is 18.3 Å². The summed E-state index contributed by atoms with van der Waals surface area (Å²) in [7, 11) is 2.15. The number of hydrogen-bond acceptors (Lipinski definition) is 7. The summed E-state index contributed by atoms with van der Waals surface area (Å²) in [5.74, 6) is 0.852. The van der Waals surface area contributed by atoms with E-state index >= 15 is 0 Å². The van der Waals surface area contributed by atoms with Gasteiger partial charge in [-0.05, 0) is 51.1 Å². The quantitative estimate of drug-likeness (QED) is 0.446. The van der Waals surface area contributed by atoms with Crippen LogP contribution >= 0.6 is 0 Å². The van der Waals surface area contributed by atoms with Crippen molar-refractivity contribution in [3.8, 4) is 11.5 Å². The molecule has 1 aromatic carbocycles. The van der Waals surface area contributed by atoms with E-state index in [9.17, 15) is 14.7 Å². The van der Waals surface area contributed by atoms with Crippen molar-refractivity contribution >= 4 is 12.4 Å². The van der Waals surface area contributed by atoms with Gasteiger partial charge in [-0.2, -0.15) is 5.06 Å². The molecule has 0 saturated carbocycles. The van der Waals surface area contributed by atoms with Crippen LogP contribution in [0.1, 0.15) is 24.5 Å². The zero-order valence-electron chi connectivity index (χ0n) is 17.1. The second kappa shape index (κ2) is 6.99. The summed E-state index contributed by atoms with van der Waals surface area (Å²) in [5, 5.41) is 11.4. The number of carbonyl (C=O) groups excluding carboxylic acids is 2. The maximum atomic E-state index is 12.7. The van der Waals surface area contributed by atoms with Crippen LogP contribution in [0.25, 0.3) is 0 Å². The normalized spacial score (nSPS) is 32.9. The van der Waals surface area contributed by atoms with Crippen LogP contribution in [0.5, 0.6) is 11.5 Å². The number of hydrogen-bond donors (Lipinski definition) is 1. The minimum absolute atomic E-state index is 0.121. The van der Waals surface area contributed by atoms with Crippen LogP contribution < -0.4 is 4.74 Å². The van der Waals surface area contributed by atoms with Gasteiger partial charge in [0.2, 0.25) is 0 Å². The summed E-state index contributed by atoms with van der Waals surface area (Å²) in [6.07, 6.45) is 4.56. The Bertz CT molecular complexity index is 917. The van der Waals surface area contributed by atoms with Gasteiger partial charge in [-0.15, -0.1) is 0 Å². The van der Waals surface area contributed by atoms with Crippen molar-refractivity contribution in [2.75, 3.05) is 26.7 Å². The Morgan fingerprint density at radius 3 is 3.03 bits per heavy atom. The molecule has 1 aromatic rings. The largest absolute Gasteiger partial charge is 0.504 e. The van der Waals surface area contributed by atoms with E-state index in [4.69, 9.17) is 14.3 Å². The topological polar surface area (TPSA) is 88.5 Å². The third-order valence-corrected chi connectivity index (χ3v) is 7.10.